The fraction of sp³-hybridized carbons (Fsp3) is 0.571. The van der Waals surface area contributed by atoms with Gasteiger partial charge >= 0.3 is 6.18 Å². The monoisotopic (exact) mass is 309 g/mol. The van der Waals surface area contributed by atoms with Gasteiger partial charge in [0.1, 0.15) is 0 Å². The maximum Gasteiger partial charge on any atom is 0.389 e. The third-order valence-electron chi connectivity index (χ3n) is 2.76. The van der Waals surface area contributed by atoms with Crippen molar-refractivity contribution >= 4 is 11.6 Å². The lowest BCUT2D eigenvalue weighted by Gasteiger charge is -2.20. The van der Waals surface area contributed by atoms with Gasteiger partial charge in [0.05, 0.1) is 6.10 Å². The van der Waals surface area contributed by atoms with E-state index >= 15 is 0 Å². The number of likely N-dealkylation sites (N-methyl/N-ethyl adjacent to an activating group) is 1. The van der Waals surface area contributed by atoms with Crippen LogP contribution in [-0.2, 0) is 4.74 Å². The number of nitrogens with one attached hydrogen (secondary N) is 1. The summed E-state index contributed by atoms with van der Waals surface area (Å²) < 4.78 is 41.8. The molecule has 6 heteroatoms. The Kier molecular flexibility index (Phi) is 7.34. The van der Waals surface area contributed by atoms with Gasteiger partial charge in [0.2, 0.25) is 0 Å². The molecule has 20 heavy (non-hydrogen) atoms. The van der Waals surface area contributed by atoms with Crippen molar-refractivity contribution in [2.75, 3.05) is 19.7 Å². The number of alkyl halides is 3. The average molecular weight is 310 g/mol. The number of benzene rings is 1. The van der Waals surface area contributed by atoms with E-state index in [2.05, 4.69) is 5.32 Å². The second-order valence-corrected chi connectivity index (χ2v) is 4.81. The van der Waals surface area contributed by atoms with E-state index in [-0.39, 0.29) is 19.1 Å². The third kappa shape index (κ3) is 6.59. The van der Waals surface area contributed by atoms with Crippen LogP contribution >= 0.6 is 11.6 Å². The van der Waals surface area contributed by atoms with E-state index in [9.17, 15) is 13.2 Å². The molecule has 1 unspecified atom stereocenters. The standard InChI is InChI=1S/C14H19ClF3NO/c1-2-19-10-13(11-6-3-4-7-12(11)15)20-9-5-8-14(16,17)18/h3-4,6-7,13,19H,2,5,8-10H2,1H3. The van der Waals surface area contributed by atoms with Crippen LogP contribution < -0.4 is 5.32 Å². The molecule has 0 fully saturated rings. The SMILES string of the molecule is CCNCC(OCCCC(F)(F)F)c1ccccc1Cl. The fourth-order valence-electron chi connectivity index (χ4n) is 1.77. The van der Waals surface area contributed by atoms with Gasteiger partial charge in [-0.1, -0.05) is 36.7 Å². The Morgan fingerprint density at radius 3 is 2.60 bits per heavy atom. The Balaban J connectivity index is 2.55. The van der Waals surface area contributed by atoms with Crippen molar-refractivity contribution in [1.29, 1.82) is 0 Å². The molecule has 0 heterocycles. The Morgan fingerprint density at radius 1 is 1.30 bits per heavy atom. The number of hydrogen-bond donors (Lipinski definition) is 1. The summed E-state index contributed by atoms with van der Waals surface area (Å²) >= 11 is 6.10. The molecular formula is C14H19ClF3NO. The van der Waals surface area contributed by atoms with Gasteiger partial charge in [0, 0.05) is 30.2 Å². The van der Waals surface area contributed by atoms with Crippen LogP contribution in [0, 0.1) is 0 Å². The Hall–Kier alpha value is -0.780. The number of hydrogen-bond acceptors (Lipinski definition) is 2. The highest BCUT2D eigenvalue weighted by molar-refractivity contribution is 6.31. The fourth-order valence-corrected chi connectivity index (χ4v) is 2.03. The van der Waals surface area contributed by atoms with Gasteiger partial charge in [-0.05, 0) is 19.0 Å². The van der Waals surface area contributed by atoms with E-state index in [1.165, 1.54) is 0 Å². The van der Waals surface area contributed by atoms with Gasteiger partial charge in [0.25, 0.3) is 0 Å². The molecule has 0 aliphatic heterocycles. The summed E-state index contributed by atoms with van der Waals surface area (Å²) in [5, 5.41) is 3.69. The molecule has 0 saturated carbocycles. The zero-order chi connectivity index (χ0) is 15.0. The summed E-state index contributed by atoms with van der Waals surface area (Å²) in [5.74, 6) is 0. The van der Waals surface area contributed by atoms with Crippen LogP contribution in [0.3, 0.4) is 0 Å². The van der Waals surface area contributed by atoms with Gasteiger partial charge in [-0.3, -0.25) is 0 Å². The molecule has 0 bridgehead atoms. The summed E-state index contributed by atoms with van der Waals surface area (Å²) in [6.07, 6.45) is -5.35. The quantitative estimate of drug-likeness (QED) is 0.721. The molecule has 0 amide bonds. The molecule has 1 aromatic rings. The van der Waals surface area contributed by atoms with Gasteiger partial charge in [-0.2, -0.15) is 13.2 Å². The summed E-state index contributed by atoms with van der Waals surface area (Å²) in [4.78, 5) is 0. The molecule has 0 radical (unpaired) electrons. The number of ether oxygens (including phenoxy) is 1. The molecule has 0 saturated heterocycles. The van der Waals surface area contributed by atoms with Crippen LogP contribution in [-0.4, -0.2) is 25.9 Å². The van der Waals surface area contributed by atoms with Crippen molar-refractivity contribution < 1.29 is 17.9 Å². The van der Waals surface area contributed by atoms with Crippen molar-refractivity contribution in [1.82, 2.24) is 5.32 Å². The molecule has 114 valence electrons. The van der Waals surface area contributed by atoms with Crippen molar-refractivity contribution in [3.05, 3.63) is 34.9 Å². The summed E-state index contributed by atoms with van der Waals surface area (Å²) in [7, 11) is 0. The normalized spacial score (nSPS) is 13.4. The number of rotatable bonds is 8. The van der Waals surface area contributed by atoms with Crippen LogP contribution in [0.25, 0.3) is 0 Å². The van der Waals surface area contributed by atoms with Crippen molar-refractivity contribution in [2.24, 2.45) is 0 Å². The predicted octanol–water partition coefficient (Wildman–Crippen LogP) is 4.35. The Labute approximate surface area is 122 Å². The molecule has 1 atom stereocenters. The predicted molar refractivity (Wildman–Crippen MR) is 74.0 cm³/mol. The van der Waals surface area contributed by atoms with Gasteiger partial charge in [-0.15, -0.1) is 0 Å². The number of halogens is 4. The summed E-state index contributed by atoms with van der Waals surface area (Å²) in [6, 6.07) is 7.21. The Morgan fingerprint density at radius 2 is 2.00 bits per heavy atom. The largest absolute Gasteiger partial charge is 0.389 e. The summed E-state index contributed by atoms with van der Waals surface area (Å²) in [5.41, 5.74) is 0.794. The smallest absolute Gasteiger partial charge is 0.372 e. The van der Waals surface area contributed by atoms with Crippen LogP contribution in [0.15, 0.2) is 24.3 Å². The highest BCUT2D eigenvalue weighted by Crippen LogP contribution is 2.26. The second-order valence-electron chi connectivity index (χ2n) is 4.41. The third-order valence-corrected chi connectivity index (χ3v) is 3.10. The average Bonchev–Trinajstić information content (AvgIpc) is 2.38. The minimum absolute atomic E-state index is 0.0451. The molecule has 0 aliphatic rings. The van der Waals surface area contributed by atoms with Crippen LogP contribution in [0.5, 0.6) is 0 Å². The molecule has 1 aromatic carbocycles. The topological polar surface area (TPSA) is 21.3 Å². The van der Waals surface area contributed by atoms with Crippen molar-refractivity contribution in [3.8, 4) is 0 Å². The van der Waals surface area contributed by atoms with Gasteiger partial charge < -0.3 is 10.1 Å². The first kappa shape index (κ1) is 17.3. The molecule has 1 rings (SSSR count). The minimum Gasteiger partial charge on any atom is -0.372 e. The van der Waals surface area contributed by atoms with Gasteiger partial charge in [-0.25, -0.2) is 0 Å². The van der Waals surface area contributed by atoms with Crippen LogP contribution in [0.2, 0.25) is 5.02 Å². The summed E-state index contributed by atoms with van der Waals surface area (Å²) in [6.45, 7) is 3.28. The Bertz CT molecular complexity index is 398. The zero-order valence-electron chi connectivity index (χ0n) is 11.3. The van der Waals surface area contributed by atoms with E-state index in [4.69, 9.17) is 16.3 Å². The van der Waals surface area contributed by atoms with E-state index in [1.807, 2.05) is 19.1 Å². The van der Waals surface area contributed by atoms with Crippen LogP contribution in [0.1, 0.15) is 31.4 Å². The maximum absolute atomic E-state index is 12.1. The lowest BCUT2D eigenvalue weighted by Crippen LogP contribution is -2.24. The molecule has 2 nitrogen and oxygen atoms in total. The maximum atomic E-state index is 12.1. The van der Waals surface area contributed by atoms with E-state index in [0.29, 0.717) is 11.6 Å². The first-order valence-corrected chi connectivity index (χ1v) is 6.95. The molecular weight excluding hydrogens is 291 g/mol. The molecule has 0 spiro atoms. The highest BCUT2D eigenvalue weighted by atomic mass is 35.5. The molecule has 0 aromatic heterocycles. The first-order chi connectivity index (χ1) is 9.44. The van der Waals surface area contributed by atoms with E-state index < -0.39 is 12.6 Å². The van der Waals surface area contributed by atoms with E-state index in [1.54, 1.807) is 12.1 Å². The van der Waals surface area contributed by atoms with Gasteiger partial charge in [0.15, 0.2) is 0 Å². The second kappa shape index (κ2) is 8.49. The first-order valence-electron chi connectivity index (χ1n) is 6.57. The lowest BCUT2D eigenvalue weighted by atomic mass is 10.1. The van der Waals surface area contributed by atoms with Crippen molar-refractivity contribution in [3.63, 3.8) is 0 Å². The van der Waals surface area contributed by atoms with Crippen molar-refractivity contribution in [2.45, 2.75) is 32.0 Å². The molecule has 0 aliphatic carbocycles. The van der Waals surface area contributed by atoms with Crippen LogP contribution in [0.4, 0.5) is 13.2 Å². The zero-order valence-corrected chi connectivity index (χ0v) is 12.1. The minimum atomic E-state index is -4.13. The van der Waals surface area contributed by atoms with E-state index in [0.717, 1.165) is 12.1 Å². The highest BCUT2D eigenvalue weighted by Gasteiger charge is 2.26. The lowest BCUT2D eigenvalue weighted by molar-refractivity contribution is -0.138. The molecule has 1 N–H and O–H groups in total.